The Labute approximate surface area is 130 Å². The van der Waals surface area contributed by atoms with E-state index < -0.39 is 41.5 Å². The molecular weight excluding hydrogens is 319 g/mol. The summed E-state index contributed by atoms with van der Waals surface area (Å²) >= 11 is 0. The lowest BCUT2D eigenvalue weighted by Crippen LogP contribution is -2.56. The van der Waals surface area contributed by atoms with Crippen LogP contribution < -0.4 is 10.1 Å². The third kappa shape index (κ3) is 5.13. The molecule has 1 atom stereocenters. The zero-order valence-corrected chi connectivity index (χ0v) is 12.4. The Morgan fingerprint density at radius 1 is 1.26 bits per heavy atom. The summed E-state index contributed by atoms with van der Waals surface area (Å²) in [6, 6.07) is 4.41. The van der Waals surface area contributed by atoms with Gasteiger partial charge >= 0.3 is 12.1 Å². The first-order valence-corrected chi connectivity index (χ1v) is 6.42. The van der Waals surface area contributed by atoms with E-state index in [4.69, 9.17) is 14.6 Å². The second-order valence-electron chi connectivity index (χ2n) is 4.90. The summed E-state index contributed by atoms with van der Waals surface area (Å²) in [5, 5.41) is 11.2. The molecule has 128 valence electrons. The van der Waals surface area contributed by atoms with Crippen LogP contribution in [0.3, 0.4) is 0 Å². The molecule has 1 unspecified atom stereocenters. The number of carbonyl (C=O) groups is 2. The fraction of sp³-hybridized carbons (Fsp3) is 0.429. The largest absolute Gasteiger partial charge is 0.483 e. The quantitative estimate of drug-likeness (QED) is 0.792. The molecule has 0 aliphatic rings. The zero-order chi connectivity index (χ0) is 17.7. The first kappa shape index (κ1) is 18.8. The SMILES string of the molecule is COCC(C)(NC(=O)COc1ccccc1C(F)(F)F)C(=O)O. The van der Waals surface area contributed by atoms with Crippen LogP contribution in [-0.2, 0) is 20.5 Å². The summed E-state index contributed by atoms with van der Waals surface area (Å²) < 4.78 is 47.9. The Morgan fingerprint density at radius 2 is 1.87 bits per heavy atom. The highest BCUT2D eigenvalue weighted by molar-refractivity contribution is 5.87. The van der Waals surface area contributed by atoms with E-state index in [1.807, 2.05) is 0 Å². The van der Waals surface area contributed by atoms with Gasteiger partial charge in [0.05, 0.1) is 12.2 Å². The molecule has 0 spiro atoms. The average Bonchev–Trinajstić information content (AvgIpc) is 2.44. The van der Waals surface area contributed by atoms with E-state index in [-0.39, 0.29) is 6.61 Å². The summed E-state index contributed by atoms with van der Waals surface area (Å²) in [5.41, 5.74) is -2.73. The lowest BCUT2D eigenvalue weighted by atomic mass is 10.0. The number of para-hydroxylation sites is 1. The van der Waals surface area contributed by atoms with E-state index in [0.29, 0.717) is 0 Å². The summed E-state index contributed by atoms with van der Waals surface area (Å²) in [7, 11) is 1.25. The molecule has 0 aliphatic heterocycles. The van der Waals surface area contributed by atoms with Gasteiger partial charge in [-0.2, -0.15) is 13.2 Å². The number of carboxylic acid groups (broad SMARTS) is 1. The van der Waals surface area contributed by atoms with Gasteiger partial charge in [-0.15, -0.1) is 0 Å². The molecule has 2 N–H and O–H groups in total. The molecule has 0 heterocycles. The van der Waals surface area contributed by atoms with Crippen molar-refractivity contribution < 1.29 is 37.3 Å². The normalized spacial score (nSPS) is 14.0. The molecular formula is C14H16F3NO5. The van der Waals surface area contributed by atoms with Crippen LogP contribution in [0, 0.1) is 0 Å². The van der Waals surface area contributed by atoms with Crippen LogP contribution in [-0.4, -0.2) is 42.8 Å². The fourth-order valence-electron chi connectivity index (χ4n) is 1.75. The molecule has 9 heteroatoms. The summed E-state index contributed by atoms with van der Waals surface area (Å²) in [6.07, 6.45) is -4.63. The number of hydrogen-bond acceptors (Lipinski definition) is 4. The molecule has 0 aliphatic carbocycles. The highest BCUT2D eigenvalue weighted by Gasteiger charge is 2.36. The van der Waals surface area contributed by atoms with Crippen molar-refractivity contribution >= 4 is 11.9 Å². The maximum Gasteiger partial charge on any atom is 0.419 e. The average molecular weight is 335 g/mol. The minimum atomic E-state index is -4.63. The number of carbonyl (C=O) groups excluding carboxylic acids is 1. The summed E-state index contributed by atoms with van der Waals surface area (Å²) in [5.74, 6) is -2.74. The molecule has 0 saturated heterocycles. The van der Waals surface area contributed by atoms with Crippen molar-refractivity contribution in [1.82, 2.24) is 5.32 Å². The molecule has 0 fully saturated rings. The van der Waals surface area contributed by atoms with Gasteiger partial charge in [-0.3, -0.25) is 4.79 Å². The molecule has 23 heavy (non-hydrogen) atoms. The second kappa shape index (κ2) is 7.32. The topological polar surface area (TPSA) is 84.9 Å². The number of alkyl halides is 3. The first-order valence-electron chi connectivity index (χ1n) is 6.42. The molecule has 0 aromatic heterocycles. The maximum absolute atomic E-state index is 12.8. The molecule has 1 rings (SSSR count). The third-order valence-corrected chi connectivity index (χ3v) is 2.87. The van der Waals surface area contributed by atoms with Crippen LogP contribution in [0.15, 0.2) is 24.3 Å². The van der Waals surface area contributed by atoms with Gasteiger partial charge in [0.2, 0.25) is 0 Å². The molecule has 0 saturated carbocycles. The Kier molecular flexibility index (Phi) is 5.97. The van der Waals surface area contributed by atoms with Gasteiger partial charge in [0.1, 0.15) is 5.75 Å². The number of benzene rings is 1. The Balaban J connectivity index is 2.76. The van der Waals surface area contributed by atoms with E-state index >= 15 is 0 Å². The molecule has 0 bridgehead atoms. The predicted octanol–water partition coefficient (Wildman–Crippen LogP) is 1.69. The van der Waals surface area contributed by atoms with E-state index in [2.05, 4.69) is 5.32 Å². The minimum Gasteiger partial charge on any atom is -0.483 e. The van der Waals surface area contributed by atoms with Crippen LogP contribution in [0.4, 0.5) is 13.2 Å². The standard InChI is InChI=1S/C14H16F3NO5/c1-13(8-22-2,12(20)21)18-11(19)7-23-10-6-4-3-5-9(10)14(15,16)17/h3-6H,7-8H2,1-2H3,(H,18,19)(H,20,21). The summed E-state index contributed by atoms with van der Waals surface area (Å²) in [6.45, 7) is 0.132. The van der Waals surface area contributed by atoms with Gasteiger partial charge in [-0.1, -0.05) is 12.1 Å². The number of aliphatic carboxylic acids is 1. The Bertz CT molecular complexity index is 576. The number of halogens is 3. The van der Waals surface area contributed by atoms with Crippen LogP contribution in [0.2, 0.25) is 0 Å². The van der Waals surface area contributed by atoms with E-state index in [0.717, 1.165) is 12.1 Å². The number of carboxylic acids is 1. The van der Waals surface area contributed by atoms with Crippen LogP contribution in [0.5, 0.6) is 5.75 Å². The molecule has 0 radical (unpaired) electrons. The van der Waals surface area contributed by atoms with Crippen LogP contribution >= 0.6 is 0 Å². The fourth-order valence-corrected chi connectivity index (χ4v) is 1.75. The number of hydrogen-bond donors (Lipinski definition) is 2. The van der Waals surface area contributed by atoms with Gasteiger partial charge in [-0.05, 0) is 19.1 Å². The first-order chi connectivity index (χ1) is 10.6. The Hall–Kier alpha value is -2.29. The molecule has 1 aromatic rings. The second-order valence-corrected chi connectivity index (χ2v) is 4.90. The highest BCUT2D eigenvalue weighted by atomic mass is 19.4. The van der Waals surface area contributed by atoms with Crippen molar-refractivity contribution in [3.8, 4) is 5.75 Å². The number of rotatable bonds is 7. The van der Waals surface area contributed by atoms with Gasteiger partial charge < -0.3 is 19.9 Å². The number of amides is 1. The van der Waals surface area contributed by atoms with Crippen molar-refractivity contribution in [2.45, 2.75) is 18.6 Å². The highest BCUT2D eigenvalue weighted by Crippen LogP contribution is 2.35. The minimum absolute atomic E-state index is 0.312. The monoisotopic (exact) mass is 335 g/mol. The maximum atomic E-state index is 12.8. The lowest BCUT2D eigenvalue weighted by molar-refractivity contribution is -0.149. The van der Waals surface area contributed by atoms with E-state index in [9.17, 15) is 22.8 Å². The summed E-state index contributed by atoms with van der Waals surface area (Å²) in [4.78, 5) is 22.9. The van der Waals surface area contributed by atoms with Crippen molar-refractivity contribution in [2.24, 2.45) is 0 Å². The number of ether oxygens (including phenoxy) is 2. The molecule has 1 amide bonds. The molecule has 1 aromatic carbocycles. The van der Waals surface area contributed by atoms with E-state index in [1.54, 1.807) is 0 Å². The van der Waals surface area contributed by atoms with Gasteiger partial charge in [0.25, 0.3) is 5.91 Å². The number of nitrogens with one attached hydrogen (secondary N) is 1. The van der Waals surface area contributed by atoms with E-state index in [1.165, 1.54) is 26.2 Å². The zero-order valence-electron chi connectivity index (χ0n) is 12.4. The van der Waals surface area contributed by atoms with Crippen molar-refractivity contribution in [3.05, 3.63) is 29.8 Å². The number of methoxy groups -OCH3 is 1. The smallest absolute Gasteiger partial charge is 0.419 e. The third-order valence-electron chi connectivity index (χ3n) is 2.87. The van der Waals surface area contributed by atoms with Crippen molar-refractivity contribution in [1.29, 1.82) is 0 Å². The van der Waals surface area contributed by atoms with Gasteiger partial charge in [-0.25, -0.2) is 4.79 Å². The van der Waals surface area contributed by atoms with Crippen LogP contribution in [0.1, 0.15) is 12.5 Å². The predicted molar refractivity (Wildman–Crippen MR) is 73.0 cm³/mol. The van der Waals surface area contributed by atoms with Crippen molar-refractivity contribution in [3.63, 3.8) is 0 Å². The van der Waals surface area contributed by atoms with Crippen molar-refractivity contribution in [2.75, 3.05) is 20.3 Å². The van der Waals surface area contributed by atoms with Crippen LogP contribution in [0.25, 0.3) is 0 Å². The van der Waals surface area contributed by atoms with Gasteiger partial charge in [0.15, 0.2) is 12.1 Å². The lowest BCUT2D eigenvalue weighted by Gasteiger charge is -2.25. The molecule has 6 nitrogen and oxygen atoms in total. The Morgan fingerprint density at radius 3 is 2.39 bits per heavy atom. The van der Waals surface area contributed by atoms with Gasteiger partial charge in [0, 0.05) is 7.11 Å².